The highest BCUT2D eigenvalue weighted by Crippen LogP contribution is 2.19. The van der Waals surface area contributed by atoms with Gasteiger partial charge in [0.05, 0.1) is 5.69 Å². The number of benzene rings is 2. The number of carbonyl (C=O) groups is 1. The largest absolute Gasteiger partial charge is 0.324 e. The van der Waals surface area contributed by atoms with E-state index in [1.54, 1.807) is 6.07 Å². The van der Waals surface area contributed by atoms with Gasteiger partial charge in [-0.25, -0.2) is 4.68 Å². The van der Waals surface area contributed by atoms with Crippen LogP contribution in [0, 0.1) is 20.8 Å². The van der Waals surface area contributed by atoms with Gasteiger partial charge in [-0.2, -0.15) is 5.10 Å². The van der Waals surface area contributed by atoms with E-state index in [1.165, 1.54) is 16.3 Å². The first kappa shape index (κ1) is 17.6. The molecule has 26 heavy (non-hydrogen) atoms. The molecular weight excluding hydrogens is 326 g/mol. The van der Waals surface area contributed by atoms with Crippen molar-refractivity contribution in [1.29, 1.82) is 0 Å². The van der Waals surface area contributed by atoms with Crippen molar-refractivity contribution in [2.75, 3.05) is 5.32 Å². The highest BCUT2D eigenvalue weighted by atomic mass is 16.2. The quantitative estimate of drug-likeness (QED) is 0.786. The van der Waals surface area contributed by atoms with Gasteiger partial charge in [0.2, 0.25) is 5.91 Å². The molecule has 1 heterocycles. The molecule has 0 radical (unpaired) electrons. The van der Waals surface area contributed by atoms with E-state index in [-0.39, 0.29) is 18.0 Å². The van der Waals surface area contributed by atoms with E-state index in [0.717, 1.165) is 16.7 Å². The fourth-order valence-electron chi connectivity index (χ4n) is 2.68. The van der Waals surface area contributed by atoms with Crippen LogP contribution < -0.4 is 10.9 Å². The Morgan fingerprint density at radius 2 is 1.81 bits per heavy atom. The predicted molar refractivity (Wildman–Crippen MR) is 103 cm³/mol. The summed E-state index contributed by atoms with van der Waals surface area (Å²) in [6.07, 6.45) is 0. The van der Waals surface area contributed by atoms with Crippen molar-refractivity contribution in [3.05, 3.63) is 81.6 Å². The molecular formula is C21H21N3O2. The number of nitrogens with zero attached hydrogens (tertiary/aromatic N) is 2. The molecule has 0 unspecified atom stereocenters. The summed E-state index contributed by atoms with van der Waals surface area (Å²) in [5, 5.41) is 7.15. The van der Waals surface area contributed by atoms with Crippen molar-refractivity contribution >= 4 is 11.6 Å². The maximum atomic E-state index is 12.3. The Balaban J connectivity index is 1.82. The lowest BCUT2D eigenvalue weighted by Gasteiger charge is -2.09. The summed E-state index contributed by atoms with van der Waals surface area (Å²) in [4.78, 5) is 24.4. The van der Waals surface area contributed by atoms with Gasteiger partial charge in [-0.1, -0.05) is 24.3 Å². The summed E-state index contributed by atoms with van der Waals surface area (Å²) in [6, 6.07) is 16.6. The molecule has 1 amide bonds. The monoisotopic (exact) mass is 347 g/mol. The maximum Gasteiger partial charge on any atom is 0.267 e. The smallest absolute Gasteiger partial charge is 0.267 e. The number of hydrogen-bond acceptors (Lipinski definition) is 3. The number of nitrogens with one attached hydrogen (secondary N) is 1. The Morgan fingerprint density at radius 3 is 2.54 bits per heavy atom. The van der Waals surface area contributed by atoms with E-state index >= 15 is 0 Å². The number of amides is 1. The van der Waals surface area contributed by atoms with Gasteiger partial charge in [-0.3, -0.25) is 9.59 Å². The second-order valence-electron chi connectivity index (χ2n) is 6.43. The highest BCUT2D eigenvalue weighted by Gasteiger charge is 2.09. The molecule has 0 aliphatic rings. The molecule has 3 rings (SSSR count). The normalized spacial score (nSPS) is 10.6. The van der Waals surface area contributed by atoms with Crippen LogP contribution in [0.2, 0.25) is 0 Å². The summed E-state index contributed by atoms with van der Waals surface area (Å²) >= 11 is 0. The van der Waals surface area contributed by atoms with Crippen LogP contribution in [-0.4, -0.2) is 15.7 Å². The average molecular weight is 347 g/mol. The van der Waals surface area contributed by atoms with Crippen molar-refractivity contribution in [3.8, 4) is 11.3 Å². The summed E-state index contributed by atoms with van der Waals surface area (Å²) < 4.78 is 1.19. The van der Waals surface area contributed by atoms with Gasteiger partial charge in [-0.15, -0.1) is 0 Å². The molecule has 0 fully saturated rings. The fraction of sp³-hybridized carbons (Fsp3) is 0.190. The fourth-order valence-corrected chi connectivity index (χ4v) is 2.68. The van der Waals surface area contributed by atoms with Crippen LogP contribution in [0.4, 0.5) is 5.69 Å². The van der Waals surface area contributed by atoms with E-state index < -0.39 is 0 Å². The molecule has 3 aromatic rings. The zero-order valence-electron chi connectivity index (χ0n) is 15.1. The highest BCUT2D eigenvalue weighted by molar-refractivity contribution is 5.90. The molecule has 1 aromatic heterocycles. The predicted octanol–water partition coefficient (Wildman–Crippen LogP) is 3.47. The maximum absolute atomic E-state index is 12.3. The van der Waals surface area contributed by atoms with E-state index in [2.05, 4.69) is 10.4 Å². The molecule has 5 heteroatoms. The molecule has 132 valence electrons. The Morgan fingerprint density at radius 1 is 1.00 bits per heavy atom. The number of hydrogen-bond donors (Lipinski definition) is 1. The molecule has 2 aromatic carbocycles. The van der Waals surface area contributed by atoms with Gasteiger partial charge in [0, 0.05) is 17.3 Å². The number of aryl methyl sites for hydroxylation is 3. The Bertz CT molecular complexity index is 1020. The van der Waals surface area contributed by atoms with E-state index in [9.17, 15) is 9.59 Å². The standard InChI is InChI=1S/C21H21N3O2/c1-14-5-4-6-18(11-14)22-20(25)13-24-21(26)10-9-19(23-24)17-8-7-15(2)16(3)12-17/h4-12H,13H2,1-3H3,(H,22,25). The lowest BCUT2D eigenvalue weighted by atomic mass is 10.0. The van der Waals surface area contributed by atoms with Crippen molar-refractivity contribution < 1.29 is 4.79 Å². The molecule has 0 atom stereocenters. The van der Waals surface area contributed by atoms with Crippen LogP contribution in [0.15, 0.2) is 59.4 Å². The topological polar surface area (TPSA) is 64.0 Å². The van der Waals surface area contributed by atoms with Crippen molar-refractivity contribution in [3.63, 3.8) is 0 Å². The average Bonchev–Trinajstić information content (AvgIpc) is 2.59. The molecule has 0 spiro atoms. The van der Waals surface area contributed by atoms with Gasteiger partial charge in [0.1, 0.15) is 6.54 Å². The summed E-state index contributed by atoms with van der Waals surface area (Å²) in [5.74, 6) is -0.289. The van der Waals surface area contributed by atoms with E-state index in [1.807, 2.05) is 63.2 Å². The minimum Gasteiger partial charge on any atom is -0.324 e. The van der Waals surface area contributed by atoms with Crippen LogP contribution in [0.25, 0.3) is 11.3 Å². The molecule has 0 saturated heterocycles. The van der Waals surface area contributed by atoms with E-state index in [4.69, 9.17) is 0 Å². The second-order valence-corrected chi connectivity index (χ2v) is 6.43. The van der Waals surface area contributed by atoms with Crippen LogP contribution in [-0.2, 0) is 11.3 Å². The van der Waals surface area contributed by atoms with Crippen molar-refractivity contribution in [1.82, 2.24) is 9.78 Å². The third-order valence-corrected chi connectivity index (χ3v) is 4.26. The zero-order valence-corrected chi connectivity index (χ0v) is 15.1. The van der Waals surface area contributed by atoms with Crippen LogP contribution in [0.3, 0.4) is 0 Å². The first-order valence-electron chi connectivity index (χ1n) is 8.45. The molecule has 0 saturated carbocycles. The first-order valence-corrected chi connectivity index (χ1v) is 8.45. The third-order valence-electron chi connectivity index (χ3n) is 4.26. The lowest BCUT2D eigenvalue weighted by Crippen LogP contribution is -2.29. The van der Waals surface area contributed by atoms with Gasteiger partial charge in [-0.05, 0) is 61.7 Å². The van der Waals surface area contributed by atoms with Gasteiger partial charge in [0.15, 0.2) is 0 Å². The van der Waals surface area contributed by atoms with Gasteiger partial charge in [0.25, 0.3) is 5.56 Å². The second kappa shape index (κ2) is 7.35. The Hall–Kier alpha value is -3.21. The Kier molecular flexibility index (Phi) is 4.98. The first-order chi connectivity index (χ1) is 12.4. The minimum absolute atomic E-state index is 0.133. The number of rotatable bonds is 4. The summed E-state index contributed by atoms with van der Waals surface area (Å²) in [7, 11) is 0. The van der Waals surface area contributed by atoms with Crippen LogP contribution >= 0.6 is 0 Å². The zero-order chi connectivity index (χ0) is 18.7. The molecule has 0 bridgehead atoms. The number of carbonyl (C=O) groups excluding carboxylic acids is 1. The summed E-state index contributed by atoms with van der Waals surface area (Å²) in [6.45, 7) is 5.90. The lowest BCUT2D eigenvalue weighted by molar-refractivity contribution is -0.117. The molecule has 0 aliphatic carbocycles. The van der Waals surface area contributed by atoms with Crippen molar-refractivity contribution in [2.45, 2.75) is 27.3 Å². The molecule has 0 aliphatic heterocycles. The molecule has 1 N–H and O–H groups in total. The van der Waals surface area contributed by atoms with Gasteiger partial charge < -0.3 is 5.32 Å². The Labute approximate surface area is 152 Å². The number of aromatic nitrogens is 2. The number of anilines is 1. The minimum atomic E-state index is -0.308. The molecule has 5 nitrogen and oxygen atoms in total. The van der Waals surface area contributed by atoms with Crippen molar-refractivity contribution in [2.24, 2.45) is 0 Å². The van der Waals surface area contributed by atoms with Gasteiger partial charge >= 0.3 is 0 Å². The third kappa shape index (κ3) is 4.06. The van der Waals surface area contributed by atoms with Crippen LogP contribution in [0.5, 0.6) is 0 Å². The van der Waals surface area contributed by atoms with Crippen LogP contribution in [0.1, 0.15) is 16.7 Å². The van der Waals surface area contributed by atoms with E-state index in [0.29, 0.717) is 11.4 Å². The summed E-state index contributed by atoms with van der Waals surface area (Å²) in [5.41, 5.74) is 5.37. The SMILES string of the molecule is Cc1cccc(NC(=O)Cn2nc(-c3ccc(C)c(C)c3)ccc2=O)c1.